The van der Waals surface area contributed by atoms with Crippen molar-refractivity contribution in [2.24, 2.45) is 5.92 Å². The molecule has 0 radical (unpaired) electrons. The van der Waals surface area contributed by atoms with Crippen LogP contribution in [0, 0.1) is 29.2 Å². The molecule has 166 valence electrons. The molecule has 1 aliphatic carbocycles. The minimum Gasteiger partial charge on any atom is -0.478 e. The second-order valence-electron chi connectivity index (χ2n) is 8.16. The van der Waals surface area contributed by atoms with Crippen LogP contribution in [-0.4, -0.2) is 11.1 Å². The van der Waals surface area contributed by atoms with E-state index in [4.69, 9.17) is 0 Å². The van der Waals surface area contributed by atoms with Gasteiger partial charge in [0.25, 0.3) is 0 Å². The molecule has 31 heavy (non-hydrogen) atoms. The molecule has 1 N–H and O–H groups in total. The Bertz CT molecular complexity index is 953. The summed E-state index contributed by atoms with van der Waals surface area (Å²) in [6.07, 6.45) is 10.9. The van der Waals surface area contributed by atoms with E-state index in [0.29, 0.717) is 11.5 Å². The number of allylic oxidation sites excluding steroid dienone is 2. The highest BCUT2D eigenvalue weighted by Gasteiger charge is 2.28. The van der Waals surface area contributed by atoms with Crippen LogP contribution >= 0.6 is 0 Å². The smallest absolute Gasteiger partial charge is 0.338 e. The van der Waals surface area contributed by atoms with Crippen molar-refractivity contribution in [2.75, 3.05) is 0 Å². The Morgan fingerprint density at radius 3 is 2.23 bits per heavy atom. The number of rotatable bonds is 7. The molecule has 0 amide bonds. The fourth-order valence-corrected chi connectivity index (χ4v) is 4.37. The van der Waals surface area contributed by atoms with E-state index in [-0.39, 0.29) is 17.0 Å². The van der Waals surface area contributed by atoms with E-state index in [0.717, 1.165) is 57.1 Å². The maximum Gasteiger partial charge on any atom is 0.338 e. The summed E-state index contributed by atoms with van der Waals surface area (Å²) >= 11 is 0. The van der Waals surface area contributed by atoms with Gasteiger partial charge in [-0.05, 0) is 79.7 Å². The molecule has 2 aromatic rings. The van der Waals surface area contributed by atoms with Crippen molar-refractivity contribution >= 4 is 5.97 Å². The molecule has 6 heteroatoms. The Labute approximate surface area is 179 Å². The lowest BCUT2D eigenvalue weighted by molar-refractivity contribution is 0.0692. The number of hydrogen-bond acceptors (Lipinski definition) is 1. The number of unbranched alkanes of at least 4 members (excludes halogenated alkanes) is 1. The van der Waals surface area contributed by atoms with E-state index in [1.165, 1.54) is 12.1 Å². The van der Waals surface area contributed by atoms with Crippen LogP contribution in [0.5, 0.6) is 0 Å². The number of hydrogen-bond donors (Lipinski definition) is 1. The zero-order valence-corrected chi connectivity index (χ0v) is 17.4. The maximum atomic E-state index is 15.2. The van der Waals surface area contributed by atoms with Gasteiger partial charge in [-0.2, -0.15) is 0 Å². The summed E-state index contributed by atoms with van der Waals surface area (Å²) in [5, 5.41) is 9.29. The summed E-state index contributed by atoms with van der Waals surface area (Å²) in [6, 6.07) is 4.14. The van der Waals surface area contributed by atoms with Gasteiger partial charge in [0.2, 0.25) is 0 Å². The van der Waals surface area contributed by atoms with Crippen molar-refractivity contribution in [2.45, 2.75) is 57.8 Å². The second-order valence-corrected chi connectivity index (χ2v) is 8.16. The average molecular weight is 434 g/mol. The molecule has 0 atom stereocenters. The van der Waals surface area contributed by atoms with Gasteiger partial charge in [0, 0.05) is 5.56 Å². The van der Waals surface area contributed by atoms with Crippen LogP contribution in [0.2, 0.25) is 0 Å². The summed E-state index contributed by atoms with van der Waals surface area (Å²) in [7, 11) is 0. The molecule has 0 unspecified atom stereocenters. The van der Waals surface area contributed by atoms with Crippen molar-refractivity contribution in [3.05, 3.63) is 70.8 Å². The van der Waals surface area contributed by atoms with E-state index in [2.05, 4.69) is 19.1 Å². The van der Waals surface area contributed by atoms with Crippen LogP contribution in [0.15, 0.2) is 36.4 Å². The molecule has 1 aliphatic rings. The lowest BCUT2D eigenvalue weighted by Crippen LogP contribution is -2.15. The molecule has 1 fully saturated rings. The van der Waals surface area contributed by atoms with Gasteiger partial charge in [0.15, 0.2) is 17.5 Å². The van der Waals surface area contributed by atoms with Gasteiger partial charge in [-0.1, -0.05) is 31.6 Å². The number of carbonyl (C=O) groups is 1. The molecular weight excluding hydrogens is 408 g/mol. The first-order valence-corrected chi connectivity index (χ1v) is 10.7. The number of carboxylic acid groups (broad SMARTS) is 1. The van der Waals surface area contributed by atoms with Crippen LogP contribution in [0.1, 0.15) is 73.7 Å². The minimum absolute atomic E-state index is 0.0700. The summed E-state index contributed by atoms with van der Waals surface area (Å²) in [5.41, 5.74) is -0.438. The Morgan fingerprint density at radius 1 is 1.00 bits per heavy atom. The Morgan fingerprint density at radius 2 is 1.65 bits per heavy atom. The van der Waals surface area contributed by atoms with E-state index in [1.807, 2.05) is 0 Å². The lowest BCUT2D eigenvalue weighted by Gasteiger charge is -2.30. The van der Waals surface area contributed by atoms with Crippen LogP contribution in [0.25, 0.3) is 11.1 Å². The molecule has 2 nitrogen and oxygen atoms in total. The average Bonchev–Trinajstić information content (AvgIpc) is 2.74. The van der Waals surface area contributed by atoms with Gasteiger partial charge in [0.1, 0.15) is 5.82 Å². The standard InChI is InChI=1S/C25H26F4O2/c1-2-3-4-5-6-15-7-9-16(10-8-15)18-11-12-19(25(30)31)23(28)22(18)17-13-20(26)24(29)21(27)14-17/h4-5,11-16H,2-3,6-10H2,1H3,(H,30,31)/b5-4+. The highest BCUT2D eigenvalue weighted by atomic mass is 19.2. The van der Waals surface area contributed by atoms with E-state index in [1.54, 1.807) is 0 Å². The normalized spacial score (nSPS) is 19.1. The van der Waals surface area contributed by atoms with Crippen molar-refractivity contribution in [1.29, 1.82) is 0 Å². The molecule has 0 heterocycles. The van der Waals surface area contributed by atoms with Gasteiger partial charge in [0.05, 0.1) is 5.56 Å². The highest BCUT2D eigenvalue weighted by molar-refractivity contribution is 5.90. The van der Waals surface area contributed by atoms with Crippen molar-refractivity contribution in [3.63, 3.8) is 0 Å². The summed E-state index contributed by atoms with van der Waals surface area (Å²) in [4.78, 5) is 11.4. The first-order chi connectivity index (χ1) is 14.8. The molecule has 1 saturated carbocycles. The summed E-state index contributed by atoms with van der Waals surface area (Å²) in [6.45, 7) is 2.13. The van der Waals surface area contributed by atoms with Gasteiger partial charge in [-0.3, -0.25) is 0 Å². The first-order valence-electron chi connectivity index (χ1n) is 10.7. The number of aromatic carboxylic acids is 1. The molecule has 2 aromatic carbocycles. The van der Waals surface area contributed by atoms with Crippen molar-refractivity contribution in [3.8, 4) is 11.1 Å². The third kappa shape index (κ3) is 5.17. The van der Waals surface area contributed by atoms with Crippen molar-refractivity contribution < 1.29 is 27.5 Å². The fraction of sp³-hybridized carbons (Fsp3) is 0.400. The molecular formula is C25H26F4O2. The minimum atomic E-state index is -1.64. The van der Waals surface area contributed by atoms with Gasteiger partial charge < -0.3 is 5.11 Å². The predicted octanol–water partition coefficient (Wildman–Crippen LogP) is 7.63. The van der Waals surface area contributed by atoms with E-state index >= 15 is 4.39 Å². The lowest BCUT2D eigenvalue weighted by atomic mass is 9.75. The molecule has 3 rings (SSSR count). The number of benzene rings is 2. The van der Waals surface area contributed by atoms with Gasteiger partial charge >= 0.3 is 5.97 Å². The zero-order chi connectivity index (χ0) is 22.5. The third-order valence-corrected chi connectivity index (χ3v) is 6.06. The van der Waals surface area contributed by atoms with E-state index in [9.17, 15) is 23.1 Å². The van der Waals surface area contributed by atoms with E-state index < -0.39 is 34.8 Å². The molecule has 0 aromatic heterocycles. The largest absolute Gasteiger partial charge is 0.478 e. The molecule has 0 saturated heterocycles. The van der Waals surface area contributed by atoms with Crippen LogP contribution in [-0.2, 0) is 0 Å². The SMILES string of the molecule is CCC/C=C/CC1CCC(c2ccc(C(=O)O)c(F)c2-c2cc(F)c(F)c(F)c2)CC1. The van der Waals surface area contributed by atoms with Crippen LogP contribution < -0.4 is 0 Å². The monoisotopic (exact) mass is 434 g/mol. The van der Waals surface area contributed by atoms with Gasteiger partial charge in [-0.15, -0.1) is 0 Å². The Kier molecular flexibility index (Phi) is 7.52. The quantitative estimate of drug-likeness (QED) is 0.276. The zero-order valence-electron chi connectivity index (χ0n) is 17.4. The molecule has 0 aliphatic heterocycles. The van der Waals surface area contributed by atoms with Crippen LogP contribution in [0.4, 0.5) is 17.6 Å². The topological polar surface area (TPSA) is 37.3 Å². The fourth-order valence-electron chi connectivity index (χ4n) is 4.37. The Hall–Kier alpha value is -2.63. The van der Waals surface area contributed by atoms with Gasteiger partial charge in [-0.25, -0.2) is 22.4 Å². The summed E-state index contributed by atoms with van der Waals surface area (Å²) < 4.78 is 56.3. The maximum absolute atomic E-state index is 15.2. The predicted molar refractivity (Wildman–Crippen MR) is 112 cm³/mol. The second kappa shape index (κ2) is 10.1. The van der Waals surface area contributed by atoms with Crippen molar-refractivity contribution in [1.82, 2.24) is 0 Å². The third-order valence-electron chi connectivity index (χ3n) is 6.06. The summed E-state index contributed by atoms with van der Waals surface area (Å²) in [5.74, 6) is -6.60. The van der Waals surface area contributed by atoms with Crippen LogP contribution in [0.3, 0.4) is 0 Å². The number of halogens is 4. The highest BCUT2D eigenvalue weighted by Crippen LogP contribution is 2.43. The Balaban J connectivity index is 1.93. The first kappa shape index (κ1) is 23.0. The molecule has 0 bridgehead atoms. The number of carboxylic acids is 1. The molecule has 0 spiro atoms.